The lowest BCUT2D eigenvalue weighted by atomic mass is 9.87. The fourth-order valence-corrected chi connectivity index (χ4v) is 2.44. The van der Waals surface area contributed by atoms with Crippen molar-refractivity contribution in [3.8, 4) is 0 Å². The van der Waals surface area contributed by atoms with E-state index in [1.807, 2.05) is 0 Å². The zero-order chi connectivity index (χ0) is 10.8. The first kappa shape index (κ1) is 10.6. The Kier molecular flexibility index (Phi) is 3.05. The van der Waals surface area contributed by atoms with Gasteiger partial charge in [-0.15, -0.1) is 5.10 Å². The van der Waals surface area contributed by atoms with E-state index in [2.05, 4.69) is 28.8 Å². The minimum absolute atomic E-state index is 0.415. The Morgan fingerprint density at radius 1 is 1.53 bits per heavy atom. The summed E-state index contributed by atoms with van der Waals surface area (Å²) in [4.78, 5) is 0. The van der Waals surface area contributed by atoms with E-state index in [1.54, 1.807) is 0 Å². The van der Waals surface area contributed by atoms with E-state index in [-0.39, 0.29) is 0 Å². The standard InChI is InChI=1S/C11H20N4/c1-8(2)15-10-5-3-4-9(6-7-12)11(10)13-14-15/h8-9H,3-7,12H2,1-2H3. The lowest BCUT2D eigenvalue weighted by Gasteiger charge is -2.21. The van der Waals surface area contributed by atoms with Gasteiger partial charge in [-0.3, -0.25) is 0 Å². The van der Waals surface area contributed by atoms with Crippen LogP contribution in [-0.4, -0.2) is 21.5 Å². The molecule has 0 amide bonds. The van der Waals surface area contributed by atoms with Crippen LogP contribution in [0.15, 0.2) is 0 Å². The van der Waals surface area contributed by atoms with Crippen molar-refractivity contribution in [3.05, 3.63) is 11.4 Å². The van der Waals surface area contributed by atoms with E-state index in [4.69, 9.17) is 5.73 Å². The van der Waals surface area contributed by atoms with Crippen molar-refractivity contribution in [2.75, 3.05) is 6.54 Å². The van der Waals surface area contributed by atoms with Crippen LogP contribution in [0.5, 0.6) is 0 Å². The second kappa shape index (κ2) is 4.31. The normalized spacial score (nSPS) is 20.7. The highest BCUT2D eigenvalue weighted by Crippen LogP contribution is 2.32. The highest BCUT2D eigenvalue weighted by molar-refractivity contribution is 5.19. The number of hydrogen-bond acceptors (Lipinski definition) is 3. The third kappa shape index (κ3) is 1.91. The molecule has 4 heteroatoms. The SMILES string of the molecule is CC(C)n1nnc2c1CCCC2CCN. The van der Waals surface area contributed by atoms with E-state index < -0.39 is 0 Å². The number of fused-ring (bicyclic) bond motifs is 1. The van der Waals surface area contributed by atoms with Crippen molar-refractivity contribution in [2.24, 2.45) is 5.73 Å². The summed E-state index contributed by atoms with van der Waals surface area (Å²) in [5.74, 6) is 0.547. The highest BCUT2D eigenvalue weighted by Gasteiger charge is 2.25. The van der Waals surface area contributed by atoms with Crippen LogP contribution in [0.25, 0.3) is 0 Å². The molecule has 0 saturated heterocycles. The molecule has 0 radical (unpaired) electrons. The minimum atomic E-state index is 0.415. The Hall–Kier alpha value is -0.900. The number of hydrogen-bond donors (Lipinski definition) is 1. The van der Waals surface area contributed by atoms with Crippen LogP contribution < -0.4 is 5.73 Å². The van der Waals surface area contributed by atoms with Crippen LogP contribution in [-0.2, 0) is 6.42 Å². The van der Waals surface area contributed by atoms with Crippen LogP contribution in [0.2, 0.25) is 0 Å². The summed E-state index contributed by atoms with van der Waals surface area (Å²) in [6, 6.07) is 0.415. The largest absolute Gasteiger partial charge is 0.330 e. The molecule has 1 aromatic rings. The van der Waals surface area contributed by atoms with Gasteiger partial charge in [0, 0.05) is 12.0 Å². The van der Waals surface area contributed by atoms with Crippen molar-refractivity contribution in [3.63, 3.8) is 0 Å². The molecule has 1 atom stereocenters. The molecular formula is C11H20N4. The molecule has 2 N–H and O–H groups in total. The highest BCUT2D eigenvalue weighted by atomic mass is 15.4. The van der Waals surface area contributed by atoms with Crippen molar-refractivity contribution < 1.29 is 0 Å². The smallest absolute Gasteiger partial charge is 0.0890 e. The van der Waals surface area contributed by atoms with Crippen LogP contribution in [0.3, 0.4) is 0 Å². The lowest BCUT2D eigenvalue weighted by molar-refractivity contribution is 0.468. The summed E-state index contributed by atoms with van der Waals surface area (Å²) in [6.07, 6.45) is 4.64. The van der Waals surface area contributed by atoms with Gasteiger partial charge < -0.3 is 5.73 Å². The molecule has 1 aromatic heterocycles. The summed E-state index contributed by atoms with van der Waals surface area (Å²) in [7, 11) is 0. The quantitative estimate of drug-likeness (QED) is 0.821. The van der Waals surface area contributed by atoms with Gasteiger partial charge in [-0.2, -0.15) is 0 Å². The van der Waals surface area contributed by atoms with E-state index in [0.29, 0.717) is 12.0 Å². The molecule has 1 aliphatic rings. The second-order valence-corrected chi connectivity index (χ2v) is 4.63. The predicted octanol–water partition coefficient (Wildman–Crippen LogP) is 1.63. The van der Waals surface area contributed by atoms with Gasteiger partial charge in [-0.25, -0.2) is 4.68 Å². The van der Waals surface area contributed by atoms with E-state index in [9.17, 15) is 0 Å². The zero-order valence-electron chi connectivity index (χ0n) is 9.61. The maximum absolute atomic E-state index is 5.63. The predicted molar refractivity (Wildman–Crippen MR) is 59.8 cm³/mol. The molecule has 0 spiro atoms. The molecule has 0 aliphatic heterocycles. The van der Waals surface area contributed by atoms with Gasteiger partial charge in [0.2, 0.25) is 0 Å². The molecule has 1 aliphatic carbocycles. The summed E-state index contributed by atoms with van der Waals surface area (Å²) in [5, 5.41) is 8.59. The Morgan fingerprint density at radius 2 is 2.33 bits per heavy atom. The molecule has 4 nitrogen and oxygen atoms in total. The molecule has 2 rings (SSSR count). The summed E-state index contributed by atoms with van der Waals surface area (Å²) in [6.45, 7) is 5.06. The average Bonchev–Trinajstić information content (AvgIpc) is 2.62. The van der Waals surface area contributed by atoms with E-state index in [0.717, 1.165) is 19.4 Å². The molecule has 15 heavy (non-hydrogen) atoms. The molecule has 0 bridgehead atoms. The fraction of sp³-hybridized carbons (Fsp3) is 0.818. The number of nitrogens with zero attached hydrogens (tertiary/aromatic N) is 3. The van der Waals surface area contributed by atoms with Gasteiger partial charge in [0.05, 0.1) is 11.4 Å². The second-order valence-electron chi connectivity index (χ2n) is 4.63. The maximum atomic E-state index is 5.63. The zero-order valence-corrected chi connectivity index (χ0v) is 9.61. The van der Waals surface area contributed by atoms with Crippen molar-refractivity contribution >= 4 is 0 Å². The van der Waals surface area contributed by atoms with Crippen molar-refractivity contribution in [2.45, 2.75) is 51.5 Å². The van der Waals surface area contributed by atoms with Gasteiger partial charge in [0.1, 0.15) is 0 Å². The summed E-state index contributed by atoms with van der Waals surface area (Å²) >= 11 is 0. The molecule has 0 aromatic carbocycles. The summed E-state index contributed by atoms with van der Waals surface area (Å²) in [5.41, 5.74) is 8.18. The van der Waals surface area contributed by atoms with Crippen molar-refractivity contribution in [1.82, 2.24) is 15.0 Å². The molecule has 0 saturated carbocycles. The van der Waals surface area contributed by atoms with Gasteiger partial charge in [-0.1, -0.05) is 5.21 Å². The first-order valence-corrected chi connectivity index (χ1v) is 5.88. The van der Waals surface area contributed by atoms with E-state index >= 15 is 0 Å². The van der Waals surface area contributed by atoms with Gasteiger partial charge >= 0.3 is 0 Å². The molecule has 1 heterocycles. The van der Waals surface area contributed by atoms with Gasteiger partial charge in [0.15, 0.2) is 0 Å². The fourth-order valence-electron chi connectivity index (χ4n) is 2.44. The van der Waals surface area contributed by atoms with Crippen molar-refractivity contribution in [1.29, 1.82) is 0 Å². The van der Waals surface area contributed by atoms with Crippen LogP contribution >= 0.6 is 0 Å². The number of aromatic nitrogens is 3. The lowest BCUT2D eigenvalue weighted by Crippen LogP contribution is -2.16. The van der Waals surface area contributed by atoms with Crippen LogP contribution in [0.4, 0.5) is 0 Å². The third-order valence-electron chi connectivity index (χ3n) is 3.18. The average molecular weight is 208 g/mol. The third-order valence-corrected chi connectivity index (χ3v) is 3.18. The summed E-state index contributed by atoms with van der Waals surface area (Å²) < 4.78 is 2.07. The Labute approximate surface area is 90.8 Å². The minimum Gasteiger partial charge on any atom is -0.330 e. The monoisotopic (exact) mass is 208 g/mol. The molecular weight excluding hydrogens is 188 g/mol. The van der Waals surface area contributed by atoms with Gasteiger partial charge in [0.25, 0.3) is 0 Å². The van der Waals surface area contributed by atoms with Gasteiger partial charge in [-0.05, 0) is 46.1 Å². The maximum Gasteiger partial charge on any atom is 0.0890 e. The Balaban J connectivity index is 2.29. The Bertz CT molecular complexity index is 329. The molecule has 84 valence electrons. The number of rotatable bonds is 3. The molecule has 1 unspecified atom stereocenters. The first-order valence-electron chi connectivity index (χ1n) is 5.88. The first-order chi connectivity index (χ1) is 7.24. The van der Waals surface area contributed by atoms with Crippen LogP contribution in [0, 0.1) is 0 Å². The Morgan fingerprint density at radius 3 is 3.00 bits per heavy atom. The van der Waals surface area contributed by atoms with Crippen LogP contribution in [0.1, 0.15) is 56.5 Å². The molecule has 0 fully saturated rings. The number of nitrogens with two attached hydrogens (primary N) is 1. The topological polar surface area (TPSA) is 56.7 Å². The van der Waals surface area contributed by atoms with E-state index in [1.165, 1.54) is 24.2 Å².